The van der Waals surface area contributed by atoms with Crippen LogP contribution in [0.5, 0.6) is 0 Å². The molecule has 2 rings (SSSR count). The van der Waals surface area contributed by atoms with E-state index in [0.29, 0.717) is 16.5 Å². The third-order valence-electron chi connectivity index (χ3n) is 2.94. The Hall–Kier alpha value is -2.05. The van der Waals surface area contributed by atoms with Crippen molar-refractivity contribution >= 4 is 23.6 Å². The monoisotopic (exact) mass is 309 g/mol. The molecule has 0 bridgehead atoms. The second kappa shape index (κ2) is 6.60. The van der Waals surface area contributed by atoms with Gasteiger partial charge in [0.15, 0.2) is 0 Å². The Morgan fingerprint density at radius 1 is 1.67 bits per heavy atom. The molecule has 2 aromatic rings. The minimum Gasteiger partial charge on any atom is -0.467 e. The van der Waals surface area contributed by atoms with Crippen molar-refractivity contribution in [3.63, 3.8) is 0 Å². The summed E-state index contributed by atoms with van der Waals surface area (Å²) in [6.45, 7) is 1.88. The molecule has 1 unspecified atom stereocenters. The summed E-state index contributed by atoms with van der Waals surface area (Å²) < 4.78 is 6.58. The fraction of sp³-hybridized carbons (Fsp3) is 0.286. The molecule has 1 atom stereocenters. The molecule has 0 aliphatic carbocycles. The number of amides is 1. The van der Waals surface area contributed by atoms with E-state index in [4.69, 9.17) is 16.0 Å². The van der Waals surface area contributed by atoms with Crippen LogP contribution in [-0.4, -0.2) is 27.3 Å². The predicted octanol–water partition coefficient (Wildman–Crippen LogP) is 1.84. The number of carbonyl (C=O) groups is 1. The zero-order chi connectivity index (χ0) is 15.4. The molecule has 0 saturated heterocycles. The van der Waals surface area contributed by atoms with Crippen LogP contribution >= 0.6 is 11.6 Å². The lowest BCUT2D eigenvalue weighted by atomic mass is 10.2. The Kier molecular flexibility index (Phi) is 4.82. The quantitative estimate of drug-likeness (QED) is 0.826. The van der Waals surface area contributed by atoms with Gasteiger partial charge in [-0.1, -0.05) is 11.6 Å². The van der Waals surface area contributed by atoms with E-state index in [-0.39, 0.29) is 12.5 Å². The Morgan fingerprint density at radius 2 is 2.43 bits per heavy atom. The number of hydrogen-bond acceptors (Lipinski definition) is 4. The standard InChI is InChI=1S/C14H16ClN3O3/c1-9-10(14(15)18(2)17-9)5-6-13(20)16-8-11(19)12-4-3-7-21-12/h3-7,11,19H,8H2,1-2H3,(H,16,20)/b6-5+. The molecule has 2 heterocycles. The number of nitrogens with zero attached hydrogens (tertiary/aromatic N) is 2. The summed E-state index contributed by atoms with van der Waals surface area (Å²) in [4.78, 5) is 11.7. The van der Waals surface area contributed by atoms with Gasteiger partial charge in [-0.05, 0) is 25.1 Å². The third-order valence-corrected chi connectivity index (χ3v) is 3.39. The molecule has 0 aliphatic heterocycles. The highest BCUT2D eigenvalue weighted by molar-refractivity contribution is 6.31. The van der Waals surface area contributed by atoms with Crippen molar-refractivity contribution in [2.24, 2.45) is 7.05 Å². The first kappa shape index (κ1) is 15.3. The van der Waals surface area contributed by atoms with Gasteiger partial charge in [-0.2, -0.15) is 5.10 Å². The normalized spacial score (nSPS) is 12.8. The van der Waals surface area contributed by atoms with Gasteiger partial charge in [-0.15, -0.1) is 0 Å². The van der Waals surface area contributed by atoms with Gasteiger partial charge in [-0.3, -0.25) is 9.48 Å². The highest BCUT2D eigenvalue weighted by Gasteiger charge is 2.11. The lowest BCUT2D eigenvalue weighted by molar-refractivity contribution is -0.116. The van der Waals surface area contributed by atoms with Gasteiger partial charge in [0.1, 0.15) is 17.0 Å². The number of aromatic nitrogens is 2. The summed E-state index contributed by atoms with van der Waals surface area (Å²) in [6.07, 6.45) is 3.54. The summed E-state index contributed by atoms with van der Waals surface area (Å²) in [5.74, 6) is 0.0744. The molecule has 7 heteroatoms. The van der Waals surface area contributed by atoms with Gasteiger partial charge < -0.3 is 14.8 Å². The van der Waals surface area contributed by atoms with Crippen LogP contribution in [0.3, 0.4) is 0 Å². The van der Waals surface area contributed by atoms with Crippen molar-refractivity contribution in [2.75, 3.05) is 6.54 Å². The van der Waals surface area contributed by atoms with Crippen LogP contribution in [0.15, 0.2) is 28.9 Å². The van der Waals surface area contributed by atoms with Crippen molar-refractivity contribution in [1.82, 2.24) is 15.1 Å². The van der Waals surface area contributed by atoms with Gasteiger partial charge in [0, 0.05) is 18.7 Å². The number of nitrogens with one attached hydrogen (secondary N) is 1. The number of aryl methyl sites for hydroxylation is 2. The van der Waals surface area contributed by atoms with E-state index in [1.807, 2.05) is 6.92 Å². The molecule has 2 aromatic heterocycles. The van der Waals surface area contributed by atoms with Gasteiger partial charge in [-0.25, -0.2) is 0 Å². The Balaban J connectivity index is 1.91. The lowest BCUT2D eigenvalue weighted by Gasteiger charge is -2.07. The van der Waals surface area contributed by atoms with E-state index in [2.05, 4.69) is 10.4 Å². The first-order valence-electron chi connectivity index (χ1n) is 6.35. The van der Waals surface area contributed by atoms with E-state index in [1.54, 1.807) is 25.3 Å². The molecule has 0 aromatic carbocycles. The summed E-state index contributed by atoms with van der Waals surface area (Å²) >= 11 is 6.06. The summed E-state index contributed by atoms with van der Waals surface area (Å²) in [5.41, 5.74) is 1.43. The van der Waals surface area contributed by atoms with E-state index >= 15 is 0 Å². The Bertz CT molecular complexity index is 647. The van der Waals surface area contributed by atoms with Gasteiger partial charge in [0.25, 0.3) is 0 Å². The van der Waals surface area contributed by atoms with E-state index in [9.17, 15) is 9.90 Å². The second-order valence-corrected chi connectivity index (χ2v) is 4.88. The lowest BCUT2D eigenvalue weighted by Crippen LogP contribution is -2.26. The highest BCUT2D eigenvalue weighted by Crippen LogP contribution is 2.19. The smallest absolute Gasteiger partial charge is 0.244 e. The number of aliphatic hydroxyl groups is 1. The zero-order valence-electron chi connectivity index (χ0n) is 11.7. The first-order valence-corrected chi connectivity index (χ1v) is 6.73. The SMILES string of the molecule is Cc1nn(C)c(Cl)c1/C=C/C(=O)NCC(O)c1ccco1. The van der Waals surface area contributed by atoms with Gasteiger partial charge >= 0.3 is 0 Å². The predicted molar refractivity (Wildman–Crippen MR) is 78.7 cm³/mol. The maximum atomic E-state index is 11.7. The topological polar surface area (TPSA) is 80.3 Å². The van der Waals surface area contributed by atoms with Gasteiger partial charge in [0.2, 0.25) is 5.91 Å². The Labute approximate surface area is 127 Å². The largest absolute Gasteiger partial charge is 0.467 e. The van der Waals surface area contributed by atoms with Crippen LogP contribution in [0.25, 0.3) is 6.08 Å². The fourth-order valence-corrected chi connectivity index (χ4v) is 2.07. The summed E-state index contributed by atoms with van der Waals surface area (Å²) in [5, 5.41) is 17.0. The van der Waals surface area contributed by atoms with Crippen molar-refractivity contribution in [3.05, 3.63) is 46.6 Å². The first-order chi connectivity index (χ1) is 9.99. The molecular weight excluding hydrogens is 294 g/mol. The molecule has 6 nitrogen and oxygen atoms in total. The average molecular weight is 310 g/mol. The molecule has 0 radical (unpaired) electrons. The van der Waals surface area contributed by atoms with E-state index in [0.717, 1.165) is 5.69 Å². The number of halogens is 1. The molecule has 0 fully saturated rings. The minimum absolute atomic E-state index is 0.0659. The summed E-state index contributed by atoms with van der Waals surface area (Å²) in [7, 11) is 1.73. The van der Waals surface area contributed by atoms with Crippen molar-refractivity contribution < 1.29 is 14.3 Å². The number of hydrogen-bond donors (Lipinski definition) is 2. The zero-order valence-corrected chi connectivity index (χ0v) is 12.5. The van der Waals surface area contributed by atoms with Gasteiger partial charge in [0.05, 0.1) is 18.5 Å². The van der Waals surface area contributed by atoms with Crippen molar-refractivity contribution in [3.8, 4) is 0 Å². The molecule has 0 aliphatic rings. The number of aliphatic hydroxyl groups excluding tert-OH is 1. The molecule has 1 amide bonds. The maximum absolute atomic E-state index is 11.7. The van der Waals surface area contributed by atoms with Crippen LogP contribution in [0.4, 0.5) is 0 Å². The van der Waals surface area contributed by atoms with E-state index < -0.39 is 6.10 Å². The molecule has 0 saturated carbocycles. The van der Waals surface area contributed by atoms with Crippen LogP contribution in [0, 0.1) is 6.92 Å². The number of rotatable bonds is 5. The number of furan rings is 1. The maximum Gasteiger partial charge on any atom is 0.244 e. The van der Waals surface area contributed by atoms with Crippen LogP contribution in [0.2, 0.25) is 5.15 Å². The van der Waals surface area contributed by atoms with Crippen LogP contribution in [-0.2, 0) is 11.8 Å². The molecule has 112 valence electrons. The Morgan fingerprint density at radius 3 is 3.00 bits per heavy atom. The third kappa shape index (κ3) is 3.74. The minimum atomic E-state index is -0.874. The molecule has 21 heavy (non-hydrogen) atoms. The van der Waals surface area contributed by atoms with Crippen LogP contribution in [0.1, 0.15) is 23.1 Å². The van der Waals surface area contributed by atoms with E-state index in [1.165, 1.54) is 17.0 Å². The van der Waals surface area contributed by atoms with Crippen LogP contribution < -0.4 is 5.32 Å². The number of carbonyl (C=O) groups excluding carboxylic acids is 1. The fourth-order valence-electron chi connectivity index (χ4n) is 1.83. The molecular formula is C14H16ClN3O3. The summed E-state index contributed by atoms with van der Waals surface area (Å²) in [6, 6.07) is 3.32. The van der Waals surface area contributed by atoms with Crippen molar-refractivity contribution in [1.29, 1.82) is 0 Å². The van der Waals surface area contributed by atoms with Crippen molar-refractivity contribution in [2.45, 2.75) is 13.0 Å². The molecule has 0 spiro atoms. The molecule has 2 N–H and O–H groups in total. The highest BCUT2D eigenvalue weighted by atomic mass is 35.5. The average Bonchev–Trinajstić information content (AvgIpc) is 3.05. The second-order valence-electron chi connectivity index (χ2n) is 4.52.